The second-order valence-corrected chi connectivity index (χ2v) is 7.66. The third-order valence-electron chi connectivity index (χ3n) is 3.55. The first kappa shape index (κ1) is 15.4. The number of nitrogens with two attached hydrogens (primary N) is 1. The van der Waals surface area contributed by atoms with E-state index < -0.39 is 16.0 Å². The standard InChI is InChI=1S/C11H17N3O4S2/c1-11(6-12)3-4-14(7-11)20(16,17)8-5-19-13-9(8)10(15)18-2/h5H,3-4,6-7,12H2,1-2H3. The van der Waals surface area contributed by atoms with Gasteiger partial charge in [-0.1, -0.05) is 6.92 Å². The van der Waals surface area contributed by atoms with Gasteiger partial charge in [-0.15, -0.1) is 0 Å². The van der Waals surface area contributed by atoms with Gasteiger partial charge in [0.05, 0.1) is 7.11 Å². The minimum atomic E-state index is -3.74. The summed E-state index contributed by atoms with van der Waals surface area (Å²) in [5.74, 6) is -0.745. The van der Waals surface area contributed by atoms with E-state index in [4.69, 9.17) is 5.73 Å². The van der Waals surface area contributed by atoms with Crippen LogP contribution in [0.15, 0.2) is 10.3 Å². The van der Waals surface area contributed by atoms with Gasteiger partial charge in [0.25, 0.3) is 0 Å². The van der Waals surface area contributed by atoms with Gasteiger partial charge in [0.2, 0.25) is 10.0 Å². The molecule has 0 spiro atoms. The number of aromatic nitrogens is 1. The topological polar surface area (TPSA) is 103 Å². The van der Waals surface area contributed by atoms with Crippen molar-refractivity contribution in [3.05, 3.63) is 11.1 Å². The van der Waals surface area contributed by atoms with Gasteiger partial charge in [-0.25, -0.2) is 13.2 Å². The molecule has 1 aromatic heterocycles. The molecule has 20 heavy (non-hydrogen) atoms. The molecule has 0 radical (unpaired) electrons. The summed E-state index contributed by atoms with van der Waals surface area (Å²) >= 11 is 0.920. The highest BCUT2D eigenvalue weighted by Gasteiger charge is 2.41. The Hall–Kier alpha value is -1.03. The van der Waals surface area contributed by atoms with Crippen LogP contribution >= 0.6 is 11.5 Å². The van der Waals surface area contributed by atoms with Gasteiger partial charge in [-0.3, -0.25) is 0 Å². The minimum Gasteiger partial charge on any atom is -0.464 e. The van der Waals surface area contributed by atoms with Crippen molar-refractivity contribution in [2.24, 2.45) is 11.1 Å². The van der Waals surface area contributed by atoms with Crippen molar-refractivity contribution in [2.45, 2.75) is 18.2 Å². The third kappa shape index (κ3) is 2.58. The number of carbonyl (C=O) groups excluding carboxylic acids is 1. The number of esters is 1. The predicted octanol–water partition coefficient (Wildman–Crippen LogP) is 0.289. The Morgan fingerprint density at radius 3 is 2.90 bits per heavy atom. The van der Waals surface area contributed by atoms with Crippen LogP contribution in [0, 0.1) is 5.41 Å². The van der Waals surface area contributed by atoms with E-state index in [9.17, 15) is 13.2 Å². The summed E-state index contributed by atoms with van der Waals surface area (Å²) in [5.41, 5.74) is 5.31. The van der Waals surface area contributed by atoms with Crippen LogP contribution in [0.25, 0.3) is 0 Å². The van der Waals surface area contributed by atoms with Gasteiger partial charge in [-0.2, -0.15) is 8.68 Å². The van der Waals surface area contributed by atoms with Crippen LogP contribution in [-0.4, -0.2) is 49.8 Å². The first-order valence-electron chi connectivity index (χ1n) is 6.07. The highest BCUT2D eigenvalue weighted by atomic mass is 32.2. The van der Waals surface area contributed by atoms with Gasteiger partial charge in [0.1, 0.15) is 4.90 Å². The third-order valence-corrected chi connectivity index (χ3v) is 6.19. The van der Waals surface area contributed by atoms with E-state index in [1.807, 2.05) is 6.92 Å². The highest BCUT2D eigenvalue weighted by Crippen LogP contribution is 2.33. The maximum atomic E-state index is 12.6. The fourth-order valence-electron chi connectivity index (χ4n) is 2.13. The Morgan fingerprint density at radius 1 is 1.65 bits per heavy atom. The van der Waals surface area contributed by atoms with Crippen molar-refractivity contribution in [3.8, 4) is 0 Å². The number of hydrogen-bond acceptors (Lipinski definition) is 7. The Kier molecular flexibility index (Phi) is 4.14. The average Bonchev–Trinajstić information content (AvgIpc) is 3.05. The molecule has 0 aliphatic carbocycles. The van der Waals surface area contributed by atoms with E-state index in [1.165, 1.54) is 16.8 Å². The fourth-order valence-corrected chi connectivity index (χ4v) is 4.81. The van der Waals surface area contributed by atoms with E-state index in [0.29, 0.717) is 26.1 Å². The van der Waals surface area contributed by atoms with Crippen molar-refractivity contribution < 1.29 is 17.9 Å². The minimum absolute atomic E-state index is 0.0874. The van der Waals surface area contributed by atoms with Crippen LogP contribution in [0.4, 0.5) is 0 Å². The van der Waals surface area contributed by atoms with Crippen LogP contribution in [0.5, 0.6) is 0 Å². The molecular weight excluding hydrogens is 302 g/mol. The van der Waals surface area contributed by atoms with Crippen LogP contribution in [0.2, 0.25) is 0 Å². The van der Waals surface area contributed by atoms with Crippen LogP contribution < -0.4 is 5.73 Å². The molecule has 112 valence electrons. The van der Waals surface area contributed by atoms with Gasteiger partial charge in [-0.05, 0) is 29.9 Å². The zero-order valence-corrected chi connectivity index (χ0v) is 13.0. The van der Waals surface area contributed by atoms with Gasteiger partial charge >= 0.3 is 5.97 Å². The molecule has 1 saturated heterocycles. The number of methoxy groups -OCH3 is 1. The lowest BCUT2D eigenvalue weighted by Crippen LogP contribution is -2.35. The fraction of sp³-hybridized carbons (Fsp3) is 0.636. The summed E-state index contributed by atoms with van der Waals surface area (Å²) in [4.78, 5) is 11.5. The molecule has 1 fully saturated rings. The molecule has 2 rings (SSSR count). The first-order chi connectivity index (χ1) is 9.34. The molecule has 1 aliphatic rings. The van der Waals surface area contributed by atoms with E-state index in [0.717, 1.165) is 11.5 Å². The Balaban J connectivity index is 2.33. The van der Waals surface area contributed by atoms with Gasteiger partial charge in [0, 0.05) is 18.5 Å². The molecule has 9 heteroatoms. The number of hydrogen-bond donors (Lipinski definition) is 1. The maximum absolute atomic E-state index is 12.6. The second-order valence-electron chi connectivity index (χ2n) is 5.12. The Bertz CT molecular complexity index is 613. The molecule has 2 N–H and O–H groups in total. The molecule has 1 unspecified atom stereocenters. The van der Waals surface area contributed by atoms with Gasteiger partial charge < -0.3 is 10.5 Å². The summed E-state index contributed by atoms with van der Waals surface area (Å²) in [5, 5.41) is 1.36. The molecule has 0 bridgehead atoms. The zero-order chi connectivity index (χ0) is 15.0. The van der Waals surface area contributed by atoms with E-state index in [1.54, 1.807) is 0 Å². The SMILES string of the molecule is COC(=O)c1nscc1S(=O)(=O)N1CCC(C)(CN)C1. The molecule has 2 heterocycles. The van der Waals surface area contributed by atoms with E-state index in [-0.39, 0.29) is 16.0 Å². The van der Waals surface area contributed by atoms with Crippen molar-refractivity contribution in [3.63, 3.8) is 0 Å². The normalized spacial score (nSPS) is 23.9. The number of rotatable bonds is 4. The van der Waals surface area contributed by atoms with Crippen LogP contribution in [0.1, 0.15) is 23.8 Å². The Morgan fingerprint density at radius 2 is 2.35 bits per heavy atom. The van der Waals surface area contributed by atoms with Crippen molar-refractivity contribution in [1.29, 1.82) is 0 Å². The van der Waals surface area contributed by atoms with Crippen molar-refractivity contribution in [1.82, 2.24) is 8.68 Å². The largest absolute Gasteiger partial charge is 0.464 e. The van der Waals surface area contributed by atoms with E-state index >= 15 is 0 Å². The predicted molar refractivity (Wildman–Crippen MR) is 74.0 cm³/mol. The van der Waals surface area contributed by atoms with E-state index in [2.05, 4.69) is 9.11 Å². The number of nitrogens with zero attached hydrogens (tertiary/aromatic N) is 2. The summed E-state index contributed by atoms with van der Waals surface area (Å²) in [6.45, 7) is 3.12. The highest BCUT2D eigenvalue weighted by molar-refractivity contribution is 7.89. The monoisotopic (exact) mass is 319 g/mol. The van der Waals surface area contributed by atoms with Crippen LogP contribution in [-0.2, 0) is 14.8 Å². The molecule has 1 aliphatic heterocycles. The lowest BCUT2D eigenvalue weighted by Gasteiger charge is -2.22. The molecule has 0 aromatic carbocycles. The molecular formula is C11H17N3O4S2. The smallest absolute Gasteiger partial charge is 0.359 e. The molecule has 0 saturated carbocycles. The quantitative estimate of drug-likeness (QED) is 0.800. The Labute approximate surface area is 121 Å². The number of carbonyl (C=O) groups is 1. The summed E-state index contributed by atoms with van der Waals surface area (Å²) in [6.07, 6.45) is 0.702. The van der Waals surface area contributed by atoms with Gasteiger partial charge in [0.15, 0.2) is 5.69 Å². The number of ether oxygens (including phenoxy) is 1. The second kappa shape index (κ2) is 5.40. The molecule has 1 aromatic rings. The number of sulfonamides is 1. The van der Waals surface area contributed by atoms with Crippen molar-refractivity contribution in [2.75, 3.05) is 26.7 Å². The lowest BCUT2D eigenvalue weighted by atomic mass is 9.90. The first-order valence-corrected chi connectivity index (χ1v) is 8.35. The molecule has 7 nitrogen and oxygen atoms in total. The summed E-state index contributed by atoms with van der Waals surface area (Å²) in [6, 6.07) is 0. The lowest BCUT2D eigenvalue weighted by molar-refractivity contribution is 0.0590. The summed E-state index contributed by atoms with van der Waals surface area (Å²) < 4.78 is 34.9. The zero-order valence-electron chi connectivity index (χ0n) is 11.3. The average molecular weight is 319 g/mol. The molecule has 0 amide bonds. The van der Waals surface area contributed by atoms with Crippen LogP contribution in [0.3, 0.4) is 0 Å². The van der Waals surface area contributed by atoms with Crippen molar-refractivity contribution >= 4 is 27.5 Å². The maximum Gasteiger partial charge on any atom is 0.359 e. The molecule has 1 atom stereocenters. The summed E-state index contributed by atoms with van der Waals surface area (Å²) in [7, 11) is -2.54.